The Kier molecular flexibility index (Phi) is 11.4. The molecule has 134 valence electrons. The molecule has 0 nitrogen and oxygen atoms in total. The SMILES string of the molecule is [B]C1CCCC(C(C)(CCCCCC)CCCCCC)CCC1. The predicted octanol–water partition coefficient (Wildman–Crippen LogP) is 7.86. The molecule has 1 rings (SSSR count). The molecule has 2 radical (unpaired) electrons. The summed E-state index contributed by atoms with van der Waals surface area (Å²) in [6.45, 7) is 7.28. The Labute approximate surface area is 149 Å². The molecule has 1 aliphatic carbocycles. The van der Waals surface area contributed by atoms with Crippen LogP contribution in [0.1, 0.15) is 124 Å². The molecule has 0 aromatic heterocycles. The molecule has 0 aromatic rings. The standard InChI is InChI=1S/C22H43B/c1-4-6-8-10-18-22(3,19-11-9-7-5-2)20-14-12-16-21(23)17-13-15-20/h20-21H,4-19H2,1-3H3. The Morgan fingerprint density at radius 2 is 1.22 bits per heavy atom. The molecular weight excluding hydrogens is 275 g/mol. The molecule has 0 saturated heterocycles. The first-order chi connectivity index (χ1) is 11.1. The van der Waals surface area contributed by atoms with Crippen molar-refractivity contribution in [2.24, 2.45) is 11.3 Å². The lowest BCUT2D eigenvalue weighted by Gasteiger charge is -2.40. The average molecular weight is 318 g/mol. The van der Waals surface area contributed by atoms with E-state index in [1.165, 1.54) is 103 Å². The highest BCUT2D eigenvalue weighted by Crippen LogP contribution is 2.45. The van der Waals surface area contributed by atoms with E-state index < -0.39 is 0 Å². The topological polar surface area (TPSA) is 0 Å². The minimum absolute atomic E-state index is 0.483. The summed E-state index contributed by atoms with van der Waals surface area (Å²) in [5, 5.41) is 0. The van der Waals surface area contributed by atoms with Gasteiger partial charge in [-0.25, -0.2) is 0 Å². The van der Waals surface area contributed by atoms with Crippen LogP contribution in [0.4, 0.5) is 0 Å². The van der Waals surface area contributed by atoms with Crippen LogP contribution in [0.3, 0.4) is 0 Å². The first-order valence-electron chi connectivity index (χ1n) is 10.9. The van der Waals surface area contributed by atoms with Gasteiger partial charge in [0.2, 0.25) is 0 Å². The van der Waals surface area contributed by atoms with Crippen molar-refractivity contribution in [2.75, 3.05) is 0 Å². The van der Waals surface area contributed by atoms with Crippen LogP contribution in [0.2, 0.25) is 5.82 Å². The van der Waals surface area contributed by atoms with Crippen molar-refractivity contribution in [1.82, 2.24) is 0 Å². The van der Waals surface area contributed by atoms with E-state index in [2.05, 4.69) is 20.8 Å². The Hall–Kier alpha value is 0.0649. The minimum atomic E-state index is 0.483. The second-order valence-corrected chi connectivity index (χ2v) is 8.59. The maximum Gasteiger partial charge on any atom is 0.0699 e. The molecule has 0 heterocycles. The molecule has 0 unspecified atom stereocenters. The molecule has 0 aliphatic heterocycles. The zero-order valence-electron chi connectivity index (χ0n) is 16.5. The van der Waals surface area contributed by atoms with Gasteiger partial charge in [0.05, 0.1) is 7.85 Å². The van der Waals surface area contributed by atoms with Crippen molar-refractivity contribution < 1.29 is 0 Å². The highest BCUT2D eigenvalue weighted by molar-refractivity contribution is 6.11. The van der Waals surface area contributed by atoms with Gasteiger partial charge in [0, 0.05) is 0 Å². The fourth-order valence-corrected chi connectivity index (χ4v) is 4.68. The van der Waals surface area contributed by atoms with Crippen molar-refractivity contribution in [3.05, 3.63) is 0 Å². The summed E-state index contributed by atoms with van der Waals surface area (Å²) in [5.41, 5.74) is 0.600. The Bertz CT molecular complexity index is 251. The third-order valence-corrected chi connectivity index (χ3v) is 6.44. The van der Waals surface area contributed by atoms with Gasteiger partial charge < -0.3 is 0 Å². The molecule has 0 spiro atoms. The zero-order valence-corrected chi connectivity index (χ0v) is 16.5. The third-order valence-electron chi connectivity index (χ3n) is 6.44. The van der Waals surface area contributed by atoms with Crippen molar-refractivity contribution >= 4 is 7.85 Å². The smallest absolute Gasteiger partial charge is 0.0699 e. The number of unbranched alkanes of at least 4 members (excludes halogenated alkanes) is 6. The molecule has 0 amide bonds. The summed E-state index contributed by atoms with van der Waals surface area (Å²) >= 11 is 0. The highest BCUT2D eigenvalue weighted by Gasteiger charge is 2.33. The fourth-order valence-electron chi connectivity index (χ4n) is 4.68. The van der Waals surface area contributed by atoms with Gasteiger partial charge in [-0.05, 0) is 37.0 Å². The molecule has 0 aromatic carbocycles. The van der Waals surface area contributed by atoms with E-state index >= 15 is 0 Å². The van der Waals surface area contributed by atoms with Gasteiger partial charge in [-0.15, -0.1) is 0 Å². The lowest BCUT2D eigenvalue weighted by Crippen LogP contribution is -2.29. The van der Waals surface area contributed by atoms with Crippen molar-refractivity contribution in [1.29, 1.82) is 0 Å². The molecular formula is C22H43B. The second-order valence-electron chi connectivity index (χ2n) is 8.59. The first-order valence-corrected chi connectivity index (χ1v) is 10.9. The molecule has 23 heavy (non-hydrogen) atoms. The Balaban J connectivity index is 2.55. The van der Waals surface area contributed by atoms with E-state index in [9.17, 15) is 0 Å². The molecule has 1 aliphatic rings. The maximum absolute atomic E-state index is 6.19. The van der Waals surface area contributed by atoms with Crippen molar-refractivity contribution in [2.45, 2.75) is 129 Å². The number of hydrogen-bond acceptors (Lipinski definition) is 0. The van der Waals surface area contributed by atoms with Crippen LogP contribution in [-0.4, -0.2) is 7.85 Å². The van der Waals surface area contributed by atoms with E-state index in [-0.39, 0.29) is 0 Å². The highest BCUT2D eigenvalue weighted by atomic mass is 14.4. The van der Waals surface area contributed by atoms with Crippen LogP contribution in [0.5, 0.6) is 0 Å². The van der Waals surface area contributed by atoms with E-state index in [0.29, 0.717) is 11.2 Å². The minimum Gasteiger partial charge on any atom is -0.0774 e. The van der Waals surface area contributed by atoms with Gasteiger partial charge in [0.25, 0.3) is 0 Å². The lowest BCUT2D eigenvalue weighted by atomic mass is 9.64. The first kappa shape index (κ1) is 21.1. The summed E-state index contributed by atoms with van der Waals surface area (Å²) in [7, 11) is 6.19. The number of rotatable bonds is 11. The second kappa shape index (κ2) is 12.4. The van der Waals surface area contributed by atoms with Gasteiger partial charge in [-0.2, -0.15) is 0 Å². The van der Waals surface area contributed by atoms with E-state index in [1.807, 2.05) is 0 Å². The third kappa shape index (κ3) is 8.64. The van der Waals surface area contributed by atoms with E-state index in [1.54, 1.807) is 0 Å². The van der Waals surface area contributed by atoms with E-state index in [0.717, 1.165) is 5.92 Å². The average Bonchev–Trinajstić information content (AvgIpc) is 2.52. The molecule has 1 fully saturated rings. The molecule has 0 N–H and O–H groups in total. The van der Waals surface area contributed by atoms with Crippen LogP contribution in [0.25, 0.3) is 0 Å². The van der Waals surface area contributed by atoms with Crippen LogP contribution >= 0.6 is 0 Å². The van der Waals surface area contributed by atoms with Gasteiger partial charge >= 0.3 is 0 Å². The summed E-state index contributed by atoms with van der Waals surface area (Å²) in [6.07, 6.45) is 22.4. The summed E-state index contributed by atoms with van der Waals surface area (Å²) in [6, 6.07) is 0. The molecule has 0 bridgehead atoms. The summed E-state index contributed by atoms with van der Waals surface area (Å²) in [5.74, 6) is 1.44. The van der Waals surface area contributed by atoms with Gasteiger partial charge in [0.15, 0.2) is 0 Å². The van der Waals surface area contributed by atoms with Gasteiger partial charge in [-0.3, -0.25) is 0 Å². The largest absolute Gasteiger partial charge is 0.0774 e. The number of hydrogen-bond donors (Lipinski definition) is 0. The van der Waals surface area contributed by atoms with Crippen molar-refractivity contribution in [3.8, 4) is 0 Å². The zero-order chi connectivity index (χ0) is 17.0. The quantitative estimate of drug-likeness (QED) is 0.268. The van der Waals surface area contributed by atoms with Crippen LogP contribution in [0, 0.1) is 11.3 Å². The van der Waals surface area contributed by atoms with Crippen LogP contribution in [-0.2, 0) is 0 Å². The molecule has 1 heteroatoms. The molecule has 1 saturated carbocycles. The Morgan fingerprint density at radius 3 is 1.65 bits per heavy atom. The lowest BCUT2D eigenvalue weighted by molar-refractivity contribution is 0.115. The normalized spacial score (nSPS) is 23.4. The maximum atomic E-state index is 6.19. The van der Waals surface area contributed by atoms with E-state index in [4.69, 9.17) is 7.85 Å². The van der Waals surface area contributed by atoms with Crippen LogP contribution in [0.15, 0.2) is 0 Å². The molecule has 0 atom stereocenters. The van der Waals surface area contributed by atoms with Gasteiger partial charge in [0.1, 0.15) is 0 Å². The monoisotopic (exact) mass is 318 g/mol. The predicted molar refractivity (Wildman–Crippen MR) is 106 cm³/mol. The fraction of sp³-hybridized carbons (Fsp3) is 1.00. The summed E-state index contributed by atoms with van der Waals surface area (Å²) in [4.78, 5) is 0. The van der Waals surface area contributed by atoms with Crippen molar-refractivity contribution in [3.63, 3.8) is 0 Å². The Morgan fingerprint density at radius 1 is 0.739 bits per heavy atom. The summed E-state index contributed by atoms with van der Waals surface area (Å²) < 4.78 is 0. The van der Waals surface area contributed by atoms with Crippen LogP contribution < -0.4 is 0 Å². The van der Waals surface area contributed by atoms with Gasteiger partial charge in [-0.1, -0.05) is 104 Å².